The van der Waals surface area contributed by atoms with Crippen LogP contribution in [0.4, 0.5) is 4.79 Å². The van der Waals surface area contributed by atoms with Crippen molar-refractivity contribution in [2.75, 3.05) is 0 Å². The topological polar surface area (TPSA) is 38.3 Å². The second kappa shape index (κ2) is 6.97. The Bertz CT molecular complexity index is 453. The van der Waals surface area contributed by atoms with Gasteiger partial charge in [-0.15, -0.1) is 0 Å². The molecule has 2 rings (SSSR count). The van der Waals surface area contributed by atoms with E-state index in [0.29, 0.717) is 6.54 Å². The number of rotatable bonds is 3. The Balaban J connectivity index is 1.83. The molecule has 0 bridgehead atoms. The van der Waals surface area contributed by atoms with Crippen LogP contribution in [0.25, 0.3) is 0 Å². The number of benzene rings is 1. The summed E-state index contributed by atoms with van der Waals surface area (Å²) in [7, 11) is 0. The first kappa shape index (κ1) is 15.9. The third-order valence-corrected chi connectivity index (χ3v) is 3.89. The van der Waals surface area contributed by atoms with Crippen molar-refractivity contribution in [3.05, 3.63) is 35.4 Å². The minimum Gasteiger partial charge on any atom is -0.444 e. The van der Waals surface area contributed by atoms with E-state index in [1.807, 2.05) is 20.8 Å². The third kappa shape index (κ3) is 5.41. The van der Waals surface area contributed by atoms with Crippen molar-refractivity contribution < 1.29 is 9.53 Å². The van der Waals surface area contributed by atoms with Gasteiger partial charge in [-0.1, -0.05) is 43.5 Å². The van der Waals surface area contributed by atoms with Gasteiger partial charge in [-0.05, 0) is 50.7 Å². The highest BCUT2D eigenvalue weighted by molar-refractivity contribution is 5.67. The Morgan fingerprint density at radius 1 is 1.14 bits per heavy atom. The molecule has 21 heavy (non-hydrogen) atoms. The van der Waals surface area contributed by atoms with Crippen LogP contribution in [-0.2, 0) is 11.3 Å². The highest BCUT2D eigenvalue weighted by atomic mass is 16.6. The summed E-state index contributed by atoms with van der Waals surface area (Å²) < 4.78 is 5.23. The summed E-state index contributed by atoms with van der Waals surface area (Å²) >= 11 is 0. The zero-order valence-corrected chi connectivity index (χ0v) is 13.4. The van der Waals surface area contributed by atoms with E-state index in [1.54, 1.807) is 0 Å². The number of nitrogens with one attached hydrogen (secondary N) is 1. The van der Waals surface area contributed by atoms with E-state index in [-0.39, 0.29) is 6.09 Å². The highest BCUT2D eigenvalue weighted by Crippen LogP contribution is 2.32. The Hall–Kier alpha value is -1.51. The van der Waals surface area contributed by atoms with E-state index in [0.717, 1.165) is 11.5 Å². The van der Waals surface area contributed by atoms with Gasteiger partial charge in [0.05, 0.1) is 0 Å². The normalized spacial score (nSPS) is 16.5. The molecule has 0 spiro atoms. The van der Waals surface area contributed by atoms with Gasteiger partial charge < -0.3 is 10.1 Å². The summed E-state index contributed by atoms with van der Waals surface area (Å²) in [6.07, 6.45) is 6.36. The average molecular weight is 289 g/mol. The molecule has 0 radical (unpaired) electrons. The van der Waals surface area contributed by atoms with Crippen LogP contribution in [-0.4, -0.2) is 11.7 Å². The molecule has 1 fully saturated rings. The SMILES string of the molecule is CC(C)(C)OC(=O)NCc1ccc(C2CCCCC2)cc1. The molecule has 0 heterocycles. The standard InChI is InChI=1S/C18H27NO2/c1-18(2,3)21-17(20)19-13-14-9-11-16(12-10-14)15-7-5-4-6-8-15/h9-12,15H,4-8,13H2,1-3H3,(H,19,20). The van der Waals surface area contributed by atoms with Crippen LogP contribution >= 0.6 is 0 Å². The quantitative estimate of drug-likeness (QED) is 0.871. The molecule has 1 saturated carbocycles. The minimum atomic E-state index is -0.449. The largest absolute Gasteiger partial charge is 0.444 e. The smallest absolute Gasteiger partial charge is 0.407 e. The second-order valence-corrected chi connectivity index (χ2v) is 6.93. The van der Waals surface area contributed by atoms with E-state index >= 15 is 0 Å². The summed E-state index contributed by atoms with van der Waals surface area (Å²) in [5, 5.41) is 2.79. The number of alkyl carbamates (subject to hydrolysis) is 1. The van der Waals surface area contributed by atoms with Crippen LogP contribution in [0, 0.1) is 0 Å². The molecule has 0 unspecified atom stereocenters. The number of carbonyl (C=O) groups excluding carboxylic acids is 1. The first-order valence-electron chi connectivity index (χ1n) is 8.00. The maximum absolute atomic E-state index is 11.6. The van der Waals surface area contributed by atoms with Gasteiger partial charge in [0, 0.05) is 6.54 Å². The molecule has 1 amide bonds. The van der Waals surface area contributed by atoms with Gasteiger partial charge in [-0.2, -0.15) is 0 Å². The van der Waals surface area contributed by atoms with Gasteiger partial charge in [0.2, 0.25) is 0 Å². The maximum atomic E-state index is 11.6. The zero-order valence-electron chi connectivity index (χ0n) is 13.4. The van der Waals surface area contributed by atoms with Crippen LogP contribution in [0.3, 0.4) is 0 Å². The summed E-state index contributed by atoms with van der Waals surface area (Å²) in [5.41, 5.74) is 2.10. The fourth-order valence-corrected chi connectivity index (χ4v) is 2.83. The van der Waals surface area contributed by atoms with Crippen molar-refractivity contribution in [2.45, 2.75) is 70.9 Å². The molecule has 1 aliphatic carbocycles. The third-order valence-electron chi connectivity index (χ3n) is 3.89. The molecule has 116 valence electrons. The number of ether oxygens (including phenoxy) is 1. The van der Waals surface area contributed by atoms with E-state index < -0.39 is 5.60 Å². The first-order valence-corrected chi connectivity index (χ1v) is 8.00. The molecule has 0 atom stereocenters. The first-order chi connectivity index (χ1) is 9.94. The zero-order chi connectivity index (χ0) is 15.3. The fourth-order valence-electron chi connectivity index (χ4n) is 2.83. The van der Waals surface area contributed by atoms with Gasteiger partial charge in [-0.3, -0.25) is 0 Å². The van der Waals surface area contributed by atoms with Crippen molar-refractivity contribution in [1.82, 2.24) is 5.32 Å². The second-order valence-electron chi connectivity index (χ2n) is 6.93. The van der Waals surface area contributed by atoms with Crippen molar-refractivity contribution in [2.24, 2.45) is 0 Å². The Morgan fingerprint density at radius 3 is 2.33 bits per heavy atom. The number of carbonyl (C=O) groups is 1. The summed E-state index contributed by atoms with van der Waals surface area (Å²) in [5.74, 6) is 0.728. The fraction of sp³-hybridized carbons (Fsp3) is 0.611. The number of hydrogen-bond acceptors (Lipinski definition) is 2. The van der Waals surface area contributed by atoms with Gasteiger partial charge in [-0.25, -0.2) is 4.79 Å². The van der Waals surface area contributed by atoms with Gasteiger partial charge in [0.1, 0.15) is 5.60 Å². The lowest BCUT2D eigenvalue weighted by Crippen LogP contribution is -2.32. The molecule has 1 aliphatic rings. The average Bonchev–Trinajstić information content (AvgIpc) is 2.45. The summed E-state index contributed by atoms with van der Waals surface area (Å²) in [6.45, 7) is 6.11. The predicted molar refractivity (Wildman–Crippen MR) is 85.3 cm³/mol. The van der Waals surface area contributed by atoms with Gasteiger partial charge in [0.15, 0.2) is 0 Å². The van der Waals surface area contributed by atoms with Crippen LogP contribution in [0.1, 0.15) is 69.9 Å². The molecular formula is C18H27NO2. The number of amides is 1. The maximum Gasteiger partial charge on any atom is 0.407 e. The van der Waals surface area contributed by atoms with Gasteiger partial charge >= 0.3 is 6.09 Å². The minimum absolute atomic E-state index is 0.362. The molecule has 0 aliphatic heterocycles. The monoisotopic (exact) mass is 289 g/mol. The molecule has 1 aromatic carbocycles. The molecule has 3 nitrogen and oxygen atoms in total. The van der Waals surface area contributed by atoms with Crippen LogP contribution in [0.2, 0.25) is 0 Å². The van der Waals surface area contributed by atoms with Crippen LogP contribution in [0.5, 0.6) is 0 Å². The van der Waals surface area contributed by atoms with Crippen molar-refractivity contribution in [3.8, 4) is 0 Å². The molecular weight excluding hydrogens is 262 g/mol. The van der Waals surface area contributed by atoms with E-state index in [2.05, 4.69) is 29.6 Å². The Morgan fingerprint density at radius 2 is 1.76 bits per heavy atom. The molecule has 1 N–H and O–H groups in total. The molecule has 0 saturated heterocycles. The molecule has 1 aromatic rings. The summed E-state index contributed by atoms with van der Waals surface area (Å²) in [4.78, 5) is 11.6. The Labute approximate surface area is 128 Å². The predicted octanol–water partition coefficient (Wildman–Crippen LogP) is 4.76. The molecule has 3 heteroatoms. The van der Waals surface area contributed by atoms with Crippen molar-refractivity contribution in [1.29, 1.82) is 0 Å². The van der Waals surface area contributed by atoms with Crippen molar-refractivity contribution in [3.63, 3.8) is 0 Å². The lowest BCUT2D eigenvalue weighted by Gasteiger charge is -2.22. The lowest BCUT2D eigenvalue weighted by atomic mass is 9.84. The highest BCUT2D eigenvalue weighted by Gasteiger charge is 2.16. The van der Waals surface area contributed by atoms with Crippen molar-refractivity contribution >= 4 is 6.09 Å². The summed E-state index contributed by atoms with van der Waals surface area (Å²) in [6, 6.07) is 8.65. The van der Waals surface area contributed by atoms with Gasteiger partial charge in [0.25, 0.3) is 0 Å². The number of hydrogen-bond donors (Lipinski definition) is 1. The van der Waals surface area contributed by atoms with E-state index in [9.17, 15) is 4.79 Å². The Kier molecular flexibility index (Phi) is 5.27. The lowest BCUT2D eigenvalue weighted by molar-refractivity contribution is 0.0523. The van der Waals surface area contributed by atoms with Crippen LogP contribution < -0.4 is 5.32 Å². The van der Waals surface area contributed by atoms with Crippen LogP contribution in [0.15, 0.2) is 24.3 Å². The van der Waals surface area contributed by atoms with E-state index in [1.165, 1.54) is 37.7 Å². The van der Waals surface area contributed by atoms with E-state index in [4.69, 9.17) is 4.74 Å². The molecule has 0 aromatic heterocycles.